The van der Waals surface area contributed by atoms with E-state index in [4.69, 9.17) is 15.2 Å². The minimum atomic E-state index is -0.329. The van der Waals surface area contributed by atoms with Crippen LogP contribution in [-0.4, -0.2) is 26.6 Å². The highest BCUT2D eigenvalue weighted by Gasteiger charge is 2.38. The summed E-state index contributed by atoms with van der Waals surface area (Å²) >= 11 is 0. The van der Waals surface area contributed by atoms with E-state index in [1.54, 1.807) is 14.2 Å². The number of hydrogen-bond acceptors (Lipinski definition) is 3. The van der Waals surface area contributed by atoms with Gasteiger partial charge < -0.3 is 15.2 Å². The lowest BCUT2D eigenvalue weighted by atomic mass is 10.1. The molecular formula is C8H17NO2. The summed E-state index contributed by atoms with van der Waals surface area (Å²) in [6.07, 6.45) is 3.04. The molecule has 0 aromatic carbocycles. The van der Waals surface area contributed by atoms with E-state index in [0.29, 0.717) is 5.92 Å². The molecule has 11 heavy (non-hydrogen) atoms. The van der Waals surface area contributed by atoms with Gasteiger partial charge in [-0.2, -0.15) is 0 Å². The Balaban J connectivity index is 2.48. The highest BCUT2D eigenvalue weighted by atomic mass is 16.7. The Bertz CT molecular complexity index is 123. The minimum Gasteiger partial charge on any atom is -0.353 e. The number of methoxy groups -OCH3 is 2. The molecule has 3 heteroatoms. The second kappa shape index (κ2) is 3.52. The highest BCUT2D eigenvalue weighted by Crippen LogP contribution is 2.36. The first kappa shape index (κ1) is 8.97. The third-order valence-corrected chi connectivity index (χ3v) is 2.61. The van der Waals surface area contributed by atoms with Crippen molar-refractivity contribution in [3.05, 3.63) is 0 Å². The predicted octanol–water partition coefficient (Wildman–Crippen LogP) is 0.734. The molecule has 1 rings (SSSR count). The first-order valence-electron chi connectivity index (χ1n) is 4.06. The first-order valence-corrected chi connectivity index (χ1v) is 4.06. The summed E-state index contributed by atoms with van der Waals surface area (Å²) in [4.78, 5) is 0. The molecule has 66 valence electrons. The summed E-state index contributed by atoms with van der Waals surface area (Å²) in [6.45, 7) is 0.745. The lowest BCUT2D eigenvalue weighted by molar-refractivity contribution is -0.202. The number of rotatable bonds is 3. The van der Waals surface area contributed by atoms with Crippen molar-refractivity contribution in [3.63, 3.8) is 0 Å². The molecule has 0 aliphatic heterocycles. The number of ether oxygens (including phenoxy) is 2. The summed E-state index contributed by atoms with van der Waals surface area (Å²) in [5, 5.41) is 0. The summed E-state index contributed by atoms with van der Waals surface area (Å²) in [7, 11) is 3.39. The van der Waals surface area contributed by atoms with Crippen molar-refractivity contribution in [1.82, 2.24) is 0 Å². The Kier molecular flexibility index (Phi) is 2.87. The molecule has 0 heterocycles. The quantitative estimate of drug-likeness (QED) is 0.617. The zero-order valence-electron chi connectivity index (χ0n) is 7.30. The van der Waals surface area contributed by atoms with Gasteiger partial charge >= 0.3 is 0 Å². The van der Waals surface area contributed by atoms with E-state index in [1.165, 1.54) is 0 Å². The fourth-order valence-corrected chi connectivity index (χ4v) is 1.72. The van der Waals surface area contributed by atoms with Gasteiger partial charge in [0, 0.05) is 27.1 Å². The zero-order valence-corrected chi connectivity index (χ0v) is 7.30. The molecule has 0 aromatic heterocycles. The van der Waals surface area contributed by atoms with Crippen LogP contribution in [0.2, 0.25) is 0 Å². The summed E-state index contributed by atoms with van der Waals surface area (Å²) in [6, 6.07) is 0. The number of hydrogen-bond donors (Lipinski definition) is 1. The predicted molar refractivity (Wildman–Crippen MR) is 43.1 cm³/mol. The fraction of sp³-hybridized carbons (Fsp3) is 1.00. The van der Waals surface area contributed by atoms with E-state index >= 15 is 0 Å². The van der Waals surface area contributed by atoms with Crippen LogP contribution in [0.3, 0.4) is 0 Å². The van der Waals surface area contributed by atoms with Gasteiger partial charge in [-0.15, -0.1) is 0 Å². The van der Waals surface area contributed by atoms with Crippen LogP contribution >= 0.6 is 0 Å². The molecule has 0 spiro atoms. The Morgan fingerprint density at radius 3 is 2.36 bits per heavy atom. The molecule has 3 nitrogen and oxygen atoms in total. The molecule has 2 N–H and O–H groups in total. The fourth-order valence-electron chi connectivity index (χ4n) is 1.72. The molecule has 1 aliphatic rings. The van der Waals surface area contributed by atoms with Gasteiger partial charge in [0.25, 0.3) is 0 Å². The van der Waals surface area contributed by atoms with Crippen LogP contribution < -0.4 is 5.73 Å². The normalized spacial score (nSPS) is 29.2. The molecule has 1 aliphatic carbocycles. The van der Waals surface area contributed by atoms with Crippen molar-refractivity contribution >= 4 is 0 Å². The molecule has 0 aromatic rings. The van der Waals surface area contributed by atoms with Crippen LogP contribution in [0.15, 0.2) is 0 Å². The van der Waals surface area contributed by atoms with Crippen molar-refractivity contribution in [2.24, 2.45) is 11.7 Å². The maximum Gasteiger partial charge on any atom is 0.167 e. The molecule has 0 radical (unpaired) electrons. The Labute approximate surface area is 67.9 Å². The van der Waals surface area contributed by atoms with Crippen molar-refractivity contribution in [2.45, 2.75) is 25.0 Å². The van der Waals surface area contributed by atoms with Gasteiger partial charge in [0.15, 0.2) is 5.79 Å². The van der Waals surface area contributed by atoms with Crippen LogP contribution in [0, 0.1) is 5.92 Å². The monoisotopic (exact) mass is 159 g/mol. The largest absolute Gasteiger partial charge is 0.353 e. The van der Waals surface area contributed by atoms with Crippen LogP contribution in [0.25, 0.3) is 0 Å². The maximum atomic E-state index is 5.55. The SMILES string of the molecule is COC1(OC)CCC(CN)C1. The number of nitrogens with two attached hydrogens (primary N) is 1. The summed E-state index contributed by atoms with van der Waals surface area (Å²) < 4.78 is 10.6. The average Bonchev–Trinajstić information content (AvgIpc) is 2.49. The van der Waals surface area contributed by atoms with Crippen molar-refractivity contribution in [3.8, 4) is 0 Å². The molecule has 0 bridgehead atoms. The Hall–Kier alpha value is -0.120. The lowest BCUT2D eigenvalue weighted by Gasteiger charge is -2.25. The second-order valence-corrected chi connectivity index (χ2v) is 3.16. The van der Waals surface area contributed by atoms with E-state index in [9.17, 15) is 0 Å². The minimum absolute atomic E-state index is 0.329. The van der Waals surface area contributed by atoms with Gasteiger partial charge in [0.2, 0.25) is 0 Å². The van der Waals surface area contributed by atoms with Gasteiger partial charge in [-0.25, -0.2) is 0 Å². The standard InChI is InChI=1S/C8H17NO2/c1-10-8(11-2)4-3-7(5-8)6-9/h7H,3-6,9H2,1-2H3. The lowest BCUT2D eigenvalue weighted by Crippen LogP contribution is -2.30. The van der Waals surface area contributed by atoms with Crippen molar-refractivity contribution in [1.29, 1.82) is 0 Å². The Morgan fingerprint density at radius 1 is 1.45 bits per heavy atom. The van der Waals surface area contributed by atoms with Crippen molar-refractivity contribution < 1.29 is 9.47 Å². The molecule has 1 saturated carbocycles. The second-order valence-electron chi connectivity index (χ2n) is 3.16. The highest BCUT2D eigenvalue weighted by molar-refractivity contribution is 4.83. The van der Waals surface area contributed by atoms with E-state index in [1.807, 2.05) is 0 Å². The van der Waals surface area contributed by atoms with Gasteiger partial charge in [0.1, 0.15) is 0 Å². The molecule has 0 amide bonds. The van der Waals surface area contributed by atoms with Gasteiger partial charge in [-0.1, -0.05) is 0 Å². The maximum absolute atomic E-state index is 5.55. The third kappa shape index (κ3) is 1.72. The molecule has 1 fully saturated rings. The molecular weight excluding hydrogens is 142 g/mol. The van der Waals surface area contributed by atoms with Gasteiger partial charge in [0.05, 0.1) is 0 Å². The van der Waals surface area contributed by atoms with E-state index in [-0.39, 0.29) is 5.79 Å². The smallest absolute Gasteiger partial charge is 0.167 e. The Morgan fingerprint density at radius 2 is 2.09 bits per heavy atom. The van der Waals surface area contributed by atoms with Crippen LogP contribution in [0.5, 0.6) is 0 Å². The molecule has 1 unspecified atom stereocenters. The van der Waals surface area contributed by atoms with Crippen LogP contribution in [-0.2, 0) is 9.47 Å². The van der Waals surface area contributed by atoms with Crippen LogP contribution in [0.1, 0.15) is 19.3 Å². The van der Waals surface area contributed by atoms with Crippen molar-refractivity contribution in [2.75, 3.05) is 20.8 Å². The molecule has 1 atom stereocenters. The van der Waals surface area contributed by atoms with Crippen LogP contribution in [0.4, 0.5) is 0 Å². The summed E-state index contributed by atoms with van der Waals surface area (Å²) in [5.74, 6) is 0.249. The zero-order chi connectivity index (χ0) is 8.32. The summed E-state index contributed by atoms with van der Waals surface area (Å²) in [5.41, 5.74) is 5.55. The van der Waals surface area contributed by atoms with E-state index in [2.05, 4.69) is 0 Å². The topological polar surface area (TPSA) is 44.5 Å². The van der Waals surface area contributed by atoms with E-state index < -0.39 is 0 Å². The van der Waals surface area contributed by atoms with Gasteiger partial charge in [-0.3, -0.25) is 0 Å². The average molecular weight is 159 g/mol. The first-order chi connectivity index (χ1) is 5.26. The molecule has 0 saturated heterocycles. The van der Waals surface area contributed by atoms with Gasteiger partial charge in [-0.05, 0) is 18.9 Å². The third-order valence-electron chi connectivity index (χ3n) is 2.61. The van der Waals surface area contributed by atoms with E-state index in [0.717, 1.165) is 25.8 Å².